The lowest BCUT2D eigenvalue weighted by Gasteiger charge is -2.24. The van der Waals surface area contributed by atoms with Crippen molar-refractivity contribution in [2.45, 2.75) is 26.3 Å². The fourth-order valence-electron chi connectivity index (χ4n) is 2.05. The third kappa shape index (κ3) is 4.78. The minimum absolute atomic E-state index is 0. The SMILES string of the molecule is Cc1ccc(-c2ccc(C(=O)NC(C)(C)CN)c(F)c2)cc1.Cl. The van der Waals surface area contributed by atoms with Gasteiger partial charge in [0.05, 0.1) is 5.56 Å². The molecule has 5 heteroatoms. The van der Waals surface area contributed by atoms with Gasteiger partial charge >= 0.3 is 0 Å². The van der Waals surface area contributed by atoms with Crippen LogP contribution in [-0.4, -0.2) is 18.0 Å². The zero-order valence-corrected chi connectivity index (χ0v) is 14.3. The fourth-order valence-corrected chi connectivity index (χ4v) is 2.05. The number of rotatable bonds is 4. The lowest BCUT2D eigenvalue weighted by Crippen LogP contribution is -2.49. The maximum atomic E-state index is 14.3. The van der Waals surface area contributed by atoms with Crippen LogP contribution in [0, 0.1) is 12.7 Å². The number of carbonyl (C=O) groups is 1. The number of amides is 1. The largest absolute Gasteiger partial charge is 0.346 e. The molecule has 0 spiro atoms. The van der Waals surface area contributed by atoms with Crippen molar-refractivity contribution < 1.29 is 9.18 Å². The molecule has 0 radical (unpaired) electrons. The molecule has 2 aromatic rings. The van der Waals surface area contributed by atoms with E-state index in [4.69, 9.17) is 5.73 Å². The predicted octanol–water partition coefficient (Wildman–Crippen LogP) is 3.69. The third-order valence-electron chi connectivity index (χ3n) is 3.56. The Morgan fingerprint density at radius 3 is 2.22 bits per heavy atom. The molecule has 3 N–H and O–H groups in total. The lowest BCUT2D eigenvalue weighted by molar-refractivity contribution is 0.0911. The lowest BCUT2D eigenvalue weighted by atomic mass is 10.0. The van der Waals surface area contributed by atoms with Gasteiger partial charge in [-0.05, 0) is 44.0 Å². The van der Waals surface area contributed by atoms with E-state index in [1.165, 1.54) is 12.1 Å². The molecule has 0 aliphatic rings. The Hall–Kier alpha value is -1.91. The van der Waals surface area contributed by atoms with Crippen molar-refractivity contribution in [3.63, 3.8) is 0 Å². The summed E-state index contributed by atoms with van der Waals surface area (Å²) in [5, 5.41) is 2.73. The van der Waals surface area contributed by atoms with Crippen LogP contribution in [0.25, 0.3) is 11.1 Å². The highest BCUT2D eigenvalue weighted by Crippen LogP contribution is 2.22. The summed E-state index contributed by atoms with van der Waals surface area (Å²) in [6.07, 6.45) is 0. The molecule has 0 saturated heterocycles. The summed E-state index contributed by atoms with van der Waals surface area (Å²) in [5.41, 5.74) is 7.83. The van der Waals surface area contributed by atoms with Crippen LogP contribution >= 0.6 is 12.4 Å². The van der Waals surface area contributed by atoms with Gasteiger partial charge in [-0.2, -0.15) is 0 Å². The van der Waals surface area contributed by atoms with Gasteiger partial charge in [-0.3, -0.25) is 4.79 Å². The molecule has 1 amide bonds. The number of nitrogens with two attached hydrogens (primary N) is 1. The molecule has 0 atom stereocenters. The Balaban J connectivity index is 0.00000264. The first-order valence-corrected chi connectivity index (χ1v) is 7.21. The summed E-state index contributed by atoms with van der Waals surface area (Å²) in [4.78, 5) is 12.1. The number of benzene rings is 2. The highest BCUT2D eigenvalue weighted by Gasteiger charge is 2.21. The van der Waals surface area contributed by atoms with Gasteiger partial charge in [-0.25, -0.2) is 4.39 Å². The molecule has 0 aromatic heterocycles. The van der Waals surface area contributed by atoms with E-state index in [0.29, 0.717) is 0 Å². The Labute approximate surface area is 142 Å². The van der Waals surface area contributed by atoms with E-state index in [9.17, 15) is 9.18 Å². The minimum atomic E-state index is -0.570. The van der Waals surface area contributed by atoms with Crippen LogP contribution in [0.1, 0.15) is 29.8 Å². The number of hydrogen-bond acceptors (Lipinski definition) is 2. The average molecular weight is 337 g/mol. The van der Waals surface area contributed by atoms with Crippen LogP contribution in [0.2, 0.25) is 0 Å². The Morgan fingerprint density at radius 2 is 1.70 bits per heavy atom. The van der Waals surface area contributed by atoms with E-state index in [-0.39, 0.29) is 24.5 Å². The molecule has 0 heterocycles. The third-order valence-corrected chi connectivity index (χ3v) is 3.56. The molecule has 0 fully saturated rings. The van der Waals surface area contributed by atoms with Crippen molar-refractivity contribution in [1.82, 2.24) is 5.32 Å². The first kappa shape index (κ1) is 19.1. The van der Waals surface area contributed by atoms with Gasteiger partial charge < -0.3 is 11.1 Å². The predicted molar refractivity (Wildman–Crippen MR) is 94.4 cm³/mol. The summed E-state index contributed by atoms with van der Waals surface area (Å²) in [6.45, 7) is 5.87. The van der Waals surface area contributed by atoms with E-state index >= 15 is 0 Å². The molecule has 2 aromatic carbocycles. The van der Waals surface area contributed by atoms with Crippen molar-refractivity contribution in [1.29, 1.82) is 0 Å². The van der Waals surface area contributed by atoms with Gasteiger partial charge in [0.2, 0.25) is 0 Å². The fraction of sp³-hybridized carbons (Fsp3) is 0.278. The first-order chi connectivity index (χ1) is 10.3. The zero-order chi connectivity index (χ0) is 16.3. The highest BCUT2D eigenvalue weighted by atomic mass is 35.5. The molecule has 0 unspecified atom stereocenters. The zero-order valence-electron chi connectivity index (χ0n) is 13.5. The van der Waals surface area contributed by atoms with Gasteiger partial charge in [0, 0.05) is 12.1 Å². The summed E-state index contributed by atoms with van der Waals surface area (Å²) in [5.74, 6) is -0.994. The van der Waals surface area contributed by atoms with E-state index in [1.54, 1.807) is 19.9 Å². The maximum absolute atomic E-state index is 14.3. The smallest absolute Gasteiger partial charge is 0.254 e. The number of nitrogens with one attached hydrogen (secondary N) is 1. The van der Waals surface area contributed by atoms with Crippen molar-refractivity contribution in [2.75, 3.05) is 6.54 Å². The molecular weight excluding hydrogens is 315 g/mol. The van der Waals surface area contributed by atoms with Gasteiger partial charge in [0.15, 0.2) is 0 Å². The normalized spacial score (nSPS) is 10.8. The summed E-state index contributed by atoms with van der Waals surface area (Å²) in [6, 6.07) is 12.4. The van der Waals surface area contributed by atoms with E-state index in [2.05, 4.69) is 5.32 Å². The number of carbonyl (C=O) groups excluding carboxylic acids is 1. The monoisotopic (exact) mass is 336 g/mol. The summed E-state index contributed by atoms with van der Waals surface area (Å²) in [7, 11) is 0. The second-order valence-electron chi connectivity index (χ2n) is 6.10. The van der Waals surface area contributed by atoms with Crippen molar-refractivity contribution in [3.8, 4) is 11.1 Å². The first-order valence-electron chi connectivity index (χ1n) is 7.21. The van der Waals surface area contributed by atoms with Crippen LogP contribution < -0.4 is 11.1 Å². The summed E-state index contributed by atoms with van der Waals surface area (Å²) >= 11 is 0. The quantitative estimate of drug-likeness (QED) is 0.894. The van der Waals surface area contributed by atoms with Gasteiger partial charge in [0.1, 0.15) is 5.82 Å². The number of hydrogen-bond donors (Lipinski definition) is 2. The molecule has 0 bridgehead atoms. The minimum Gasteiger partial charge on any atom is -0.346 e. The van der Waals surface area contributed by atoms with Crippen molar-refractivity contribution >= 4 is 18.3 Å². The highest BCUT2D eigenvalue weighted by molar-refractivity contribution is 5.95. The van der Waals surface area contributed by atoms with Crippen molar-refractivity contribution in [2.24, 2.45) is 5.73 Å². The van der Waals surface area contributed by atoms with Crippen molar-refractivity contribution in [3.05, 3.63) is 59.4 Å². The molecule has 0 aliphatic carbocycles. The number of halogens is 2. The van der Waals surface area contributed by atoms with Gasteiger partial charge in [0.25, 0.3) is 5.91 Å². The van der Waals surface area contributed by atoms with Crippen LogP contribution in [0.5, 0.6) is 0 Å². The molecule has 23 heavy (non-hydrogen) atoms. The van der Waals surface area contributed by atoms with Crippen LogP contribution in [0.15, 0.2) is 42.5 Å². The van der Waals surface area contributed by atoms with E-state index in [0.717, 1.165) is 16.7 Å². The van der Waals surface area contributed by atoms with E-state index in [1.807, 2.05) is 31.2 Å². The maximum Gasteiger partial charge on any atom is 0.254 e. The molecule has 2 rings (SSSR count). The Bertz CT molecular complexity index is 684. The average Bonchev–Trinajstić information content (AvgIpc) is 2.47. The standard InChI is InChI=1S/C18H21FN2O.ClH/c1-12-4-6-13(7-5-12)14-8-9-15(16(19)10-14)17(22)21-18(2,3)11-20;/h4-10H,11,20H2,1-3H3,(H,21,22);1H. The molecule has 124 valence electrons. The van der Waals surface area contributed by atoms with Gasteiger partial charge in [-0.1, -0.05) is 35.9 Å². The van der Waals surface area contributed by atoms with Crippen LogP contribution in [-0.2, 0) is 0 Å². The molecule has 3 nitrogen and oxygen atoms in total. The van der Waals surface area contributed by atoms with Gasteiger partial charge in [-0.15, -0.1) is 12.4 Å². The molecule has 0 aliphatic heterocycles. The van der Waals surface area contributed by atoms with Crippen LogP contribution in [0.3, 0.4) is 0 Å². The molecule has 0 saturated carbocycles. The van der Waals surface area contributed by atoms with Crippen LogP contribution in [0.4, 0.5) is 4.39 Å². The Morgan fingerprint density at radius 1 is 1.13 bits per heavy atom. The number of aryl methyl sites for hydroxylation is 1. The topological polar surface area (TPSA) is 55.1 Å². The van der Waals surface area contributed by atoms with E-state index < -0.39 is 17.3 Å². The Kier molecular flexibility index (Phi) is 6.30. The molecular formula is C18H22ClFN2O. The second-order valence-corrected chi connectivity index (χ2v) is 6.10. The summed E-state index contributed by atoms with van der Waals surface area (Å²) < 4.78 is 14.3. The second kappa shape index (κ2) is 7.57.